The van der Waals surface area contributed by atoms with E-state index < -0.39 is 0 Å². The lowest BCUT2D eigenvalue weighted by molar-refractivity contribution is 1.38. The van der Waals surface area contributed by atoms with Crippen molar-refractivity contribution in [1.82, 2.24) is 4.98 Å². The van der Waals surface area contributed by atoms with Gasteiger partial charge in [-0.25, -0.2) is 4.99 Å². The molecule has 0 saturated carbocycles. The maximum atomic E-state index is 3.97. The first-order chi connectivity index (χ1) is 6.86. The Balaban J connectivity index is 2.80. The Morgan fingerprint density at radius 2 is 2.14 bits per heavy atom. The number of fused-ring (bicyclic) bond motifs is 1. The van der Waals surface area contributed by atoms with Gasteiger partial charge in [-0.2, -0.15) is 0 Å². The van der Waals surface area contributed by atoms with Crippen LogP contribution in [0.25, 0.3) is 17.0 Å². The second-order valence-corrected chi connectivity index (χ2v) is 3.09. The lowest BCUT2D eigenvalue weighted by atomic mass is 10.1. The number of para-hydroxylation sites is 1. The third-order valence-electron chi connectivity index (χ3n) is 2.22. The van der Waals surface area contributed by atoms with Crippen molar-refractivity contribution in [3.8, 4) is 0 Å². The third-order valence-corrected chi connectivity index (χ3v) is 2.22. The predicted molar refractivity (Wildman–Crippen MR) is 62.2 cm³/mol. The standard InChI is InChI=1S/C12H12N2/c1-3-6-10-9-7-4-5-8-11(9)14-12(10)13-2/h3-8,14H,2H2,1H3/b6-3-. The van der Waals surface area contributed by atoms with E-state index in [0.717, 1.165) is 16.9 Å². The molecule has 0 atom stereocenters. The molecule has 0 spiro atoms. The van der Waals surface area contributed by atoms with Gasteiger partial charge in [0.05, 0.1) is 0 Å². The van der Waals surface area contributed by atoms with E-state index in [4.69, 9.17) is 0 Å². The van der Waals surface area contributed by atoms with Gasteiger partial charge < -0.3 is 4.98 Å². The summed E-state index contributed by atoms with van der Waals surface area (Å²) in [5, 5.41) is 1.19. The van der Waals surface area contributed by atoms with E-state index in [1.54, 1.807) is 0 Å². The molecule has 0 aliphatic carbocycles. The maximum Gasteiger partial charge on any atom is 0.137 e. The Hall–Kier alpha value is -1.83. The van der Waals surface area contributed by atoms with Crippen LogP contribution in [0.5, 0.6) is 0 Å². The Morgan fingerprint density at radius 1 is 1.36 bits per heavy atom. The molecule has 14 heavy (non-hydrogen) atoms. The first kappa shape index (κ1) is 8.75. The lowest BCUT2D eigenvalue weighted by Crippen LogP contribution is -1.67. The summed E-state index contributed by atoms with van der Waals surface area (Å²) in [6.07, 6.45) is 4.05. The molecule has 0 aliphatic heterocycles. The molecule has 1 aromatic carbocycles. The molecule has 0 aliphatic rings. The van der Waals surface area contributed by atoms with Crippen LogP contribution in [-0.2, 0) is 0 Å². The fraction of sp³-hybridized carbons (Fsp3) is 0.0833. The van der Waals surface area contributed by atoms with E-state index in [9.17, 15) is 0 Å². The summed E-state index contributed by atoms with van der Waals surface area (Å²) in [4.78, 5) is 7.19. The Morgan fingerprint density at radius 3 is 2.86 bits per heavy atom. The molecule has 70 valence electrons. The van der Waals surface area contributed by atoms with Crippen LogP contribution in [0.15, 0.2) is 35.3 Å². The predicted octanol–water partition coefficient (Wildman–Crippen LogP) is 3.53. The van der Waals surface area contributed by atoms with Crippen LogP contribution in [0, 0.1) is 0 Å². The monoisotopic (exact) mass is 184 g/mol. The normalized spacial score (nSPS) is 11.2. The van der Waals surface area contributed by atoms with Gasteiger partial charge in [0.25, 0.3) is 0 Å². The highest BCUT2D eigenvalue weighted by atomic mass is 14.9. The van der Waals surface area contributed by atoms with Crippen molar-refractivity contribution in [3.63, 3.8) is 0 Å². The molecule has 1 heterocycles. The number of rotatable bonds is 2. The average Bonchev–Trinajstić information content (AvgIpc) is 2.58. The number of aromatic amines is 1. The van der Waals surface area contributed by atoms with Crippen molar-refractivity contribution >= 4 is 29.5 Å². The summed E-state index contributed by atoms with van der Waals surface area (Å²) in [5.41, 5.74) is 2.21. The third kappa shape index (κ3) is 1.25. The summed E-state index contributed by atoms with van der Waals surface area (Å²) in [6, 6.07) is 8.15. The molecule has 2 nitrogen and oxygen atoms in total. The highest BCUT2D eigenvalue weighted by Gasteiger charge is 2.05. The van der Waals surface area contributed by atoms with E-state index >= 15 is 0 Å². The number of hydrogen-bond acceptors (Lipinski definition) is 1. The number of aliphatic imine (C=N–C) groups is 1. The second kappa shape index (κ2) is 3.50. The summed E-state index contributed by atoms with van der Waals surface area (Å²) in [7, 11) is 0. The molecule has 0 fully saturated rings. The largest absolute Gasteiger partial charge is 0.339 e. The van der Waals surface area contributed by atoms with Crippen LogP contribution >= 0.6 is 0 Å². The van der Waals surface area contributed by atoms with Crippen molar-refractivity contribution in [2.45, 2.75) is 6.92 Å². The molecule has 2 heteroatoms. The van der Waals surface area contributed by atoms with Gasteiger partial charge in [-0.3, -0.25) is 0 Å². The molecular weight excluding hydrogens is 172 g/mol. The van der Waals surface area contributed by atoms with Gasteiger partial charge in [0.1, 0.15) is 5.82 Å². The molecule has 0 amide bonds. The zero-order valence-corrected chi connectivity index (χ0v) is 8.12. The number of hydrogen-bond donors (Lipinski definition) is 1. The van der Waals surface area contributed by atoms with Crippen molar-refractivity contribution in [2.75, 3.05) is 0 Å². The molecule has 0 unspecified atom stereocenters. The first-order valence-corrected chi connectivity index (χ1v) is 4.57. The van der Waals surface area contributed by atoms with Gasteiger partial charge in [0.2, 0.25) is 0 Å². The zero-order valence-electron chi connectivity index (χ0n) is 8.12. The molecule has 0 radical (unpaired) electrons. The first-order valence-electron chi connectivity index (χ1n) is 4.57. The SMILES string of the molecule is C=Nc1[nH]c2ccccc2c1/C=C\C. The van der Waals surface area contributed by atoms with Gasteiger partial charge in [-0.1, -0.05) is 30.4 Å². The minimum atomic E-state index is 0.837. The number of nitrogens with one attached hydrogen (secondary N) is 1. The summed E-state index contributed by atoms with van der Waals surface area (Å²) in [6.45, 7) is 5.55. The van der Waals surface area contributed by atoms with E-state index in [1.807, 2.05) is 37.3 Å². The number of H-pyrrole nitrogens is 1. The van der Waals surface area contributed by atoms with Crippen LogP contribution in [0.2, 0.25) is 0 Å². The van der Waals surface area contributed by atoms with Crippen molar-refractivity contribution in [2.24, 2.45) is 4.99 Å². The average molecular weight is 184 g/mol. The van der Waals surface area contributed by atoms with Crippen molar-refractivity contribution in [3.05, 3.63) is 35.9 Å². The fourth-order valence-corrected chi connectivity index (χ4v) is 1.61. The molecule has 0 saturated heterocycles. The van der Waals surface area contributed by atoms with E-state index in [-0.39, 0.29) is 0 Å². The van der Waals surface area contributed by atoms with Gasteiger partial charge in [-0.05, 0) is 19.7 Å². The van der Waals surface area contributed by atoms with Crippen LogP contribution in [0.3, 0.4) is 0 Å². The lowest BCUT2D eigenvalue weighted by Gasteiger charge is -1.91. The van der Waals surface area contributed by atoms with Crippen LogP contribution in [0.1, 0.15) is 12.5 Å². The molecule has 2 rings (SSSR count). The minimum Gasteiger partial charge on any atom is -0.339 e. The topological polar surface area (TPSA) is 28.1 Å². The van der Waals surface area contributed by atoms with Gasteiger partial charge in [0, 0.05) is 16.5 Å². The number of benzene rings is 1. The Kier molecular flexibility index (Phi) is 2.19. The van der Waals surface area contributed by atoms with Gasteiger partial charge >= 0.3 is 0 Å². The van der Waals surface area contributed by atoms with Crippen molar-refractivity contribution in [1.29, 1.82) is 0 Å². The number of allylic oxidation sites excluding steroid dienone is 1. The number of aromatic nitrogens is 1. The molecule has 0 bridgehead atoms. The summed E-state index contributed by atoms with van der Waals surface area (Å²) < 4.78 is 0. The van der Waals surface area contributed by atoms with Crippen LogP contribution in [-0.4, -0.2) is 11.7 Å². The maximum absolute atomic E-state index is 3.97. The van der Waals surface area contributed by atoms with E-state index in [1.165, 1.54) is 5.39 Å². The second-order valence-electron chi connectivity index (χ2n) is 3.09. The highest BCUT2D eigenvalue weighted by Crippen LogP contribution is 2.28. The van der Waals surface area contributed by atoms with E-state index in [2.05, 4.69) is 22.8 Å². The molecular formula is C12H12N2. The van der Waals surface area contributed by atoms with E-state index in [0.29, 0.717) is 0 Å². The Bertz CT molecular complexity index is 492. The molecule has 1 aromatic heterocycles. The Labute approximate surface area is 83.0 Å². The molecule has 2 aromatic rings. The van der Waals surface area contributed by atoms with Crippen molar-refractivity contribution < 1.29 is 0 Å². The summed E-state index contributed by atoms with van der Waals surface area (Å²) in [5.74, 6) is 0.837. The smallest absolute Gasteiger partial charge is 0.137 e. The number of nitrogens with zero attached hydrogens (tertiary/aromatic N) is 1. The van der Waals surface area contributed by atoms with Crippen LogP contribution in [0.4, 0.5) is 5.82 Å². The molecule has 1 N–H and O–H groups in total. The minimum absolute atomic E-state index is 0.837. The zero-order chi connectivity index (χ0) is 9.97. The summed E-state index contributed by atoms with van der Waals surface area (Å²) >= 11 is 0. The van der Waals surface area contributed by atoms with Gasteiger partial charge in [0.15, 0.2) is 0 Å². The van der Waals surface area contributed by atoms with Gasteiger partial charge in [-0.15, -0.1) is 0 Å². The van der Waals surface area contributed by atoms with Crippen LogP contribution < -0.4 is 0 Å². The highest BCUT2D eigenvalue weighted by molar-refractivity contribution is 5.94. The fourth-order valence-electron chi connectivity index (χ4n) is 1.61. The quantitative estimate of drug-likeness (QED) is 0.691.